The van der Waals surface area contributed by atoms with Crippen LogP contribution in [0.3, 0.4) is 0 Å². The van der Waals surface area contributed by atoms with Crippen molar-refractivity contribution in [2.75, 3.05) is 5.73 Å². The van der Waals surface area contributed by atoms with Gasteiger partial charge in [0.25, 0.3) is 0 Å². The Morgan fingerprint density at radius 3 is 2.94 bits per heavy atom. The first-order valence-corrected chi connectivity index (χ1v) is 5.52. The number of rotatable bonds is 3. The van der Waals surface area contributed by atoms with Crippen molar-refractivity contribution < 1.29 is 14.3 Å². The summed E-state index contributed by atoms with van der Waals surface area (Å²) < 4.78 is 5.47. The maximum absolute atomic E-state index is 10.9. The first-order valence-electron chi connectivity index (χ1n) is 4.70. The van der Waals surface area contributed by atoms with Crippen LogP contribution in [-0.4, -0.2) is 16.1 Å². The highest BCUT2D eigenvalue weighted by atomic mass is 32.1. The maximum Gasteiger partial charge on any atom is 0.356 e. The van der Waals surface area contributed by atoms with Gasteiger partial charge in [0.2, 0.25) is 0 Å². The van der Waals surface area contributed by atoms with Crippen LogP contribution in [0.5, 0.6) is 0 Å². The number of anilines is 1. The van der Waals surface area contributed by atoms with E-state index in [9.17, 15) is 4.79 Å². The summed E-state index contributed by atoms with van der Waals surface area (Å²) in [6.07, 6.45) is 0.761. The molecule has 0 atom stereocenters. The average Bonchev–Trinajstić information content (AvgIpc) is 2.82. The second-order valence-corrected chi connectivity index (χ2v) is 4.19. The zero-order valence-corrected chi connectivity index (χ0v) is 9.37. The number of hydrogen-bond donors (Lipinski definition) is 2. The Labute approximate surface area is 95.5 Å². The predicted molar refractivity (Wildman–Crippen MR) is 60.6 cm³/mol. The van der Waals surface area contributed by atoms with E-state index in [1.54, 1.807) is 6.07 Å². The number of aromatic nitrogens is 1. The molecular formula is C10H10N2O3S. The Hall–Kier alpha value is -1.82. The highest BCUT2D eigenvalue weighted by Gasteiger charge is 2.20. The SMILES string of the molecule is CCc1ccc(-c2sc(N)nc2C(=O)O)o1. The van der Waals surface area contributed by atoms with Crippen molar-refractivity contribution in [3.63, 3.8) is 0 Å². The zero-order valence-electron chi connectivity index (χ0n) is 8.56. The Morgan fingerprint density at radius 1 is 1.62 bits per heavy atom. The Bertz CT molecular complexity index is 530. The quantitative estimate of drug-likeness (QED) is 0.855. The number of nitrogens with two attached hydrogens (primary N) is 1. The lowest BCUT2D eigenvalue weighted by Crippen LogP contribution is -1.98. The Balaban J connectivity index is 2.50. The van der Waals surface area contributed by atoms with Crippen LogP contribution in [0.4, 0.5) is 5.13 Å². The minimum Gasteiger partial charge on any atom is -0.476 e. The zero-order chi connectivity index (χ0) is 11.7. The highest BCUT2D eigenvalue weighted by Crippen LogP contribution is 2.33. The number of thiazole rings is 1. The van der Waals surface area contributed by atoms with E-state index in [2.05, 4.69) is 4.98 Å². The normalized spacial score (nSPS) is 10.6. The molecule has 0 unspecified atom stereocenters. The van der Waals surface area contributed by atoms with E-state index in [-0.39, 0.29) is 10.8 Å². The van der Waals surface area contributed by atoms with Crippen molar-refractivity contribution in [1.82, 2.24) is 4.98 Å². The fraction of sp³-hybridized carbons (Fsp3) is 0.200. The van der Waals surface area contributed by atoms with Gasteiger partial charge < -0.3 is 15.3 Å². The fourth-order valence-electron chi connectivity index (χ4n) is 1.34. The van der Waals surface area contributed by atoms with Crippen LogP contribution in [0.1, 0.15) is 23.2 Å². The van der Waals surface area contributed by atoms with Gasteiger partial charge in [-0.25, -0.2) is 9.78 Å². The number of aryl methyl sites for hydroxylation is 1. The van der Waals surface area contributed by atoms with Gasteiger partial charge in [-0.1, -0.05) is 18.3 Å². The van der Waals surface area contributed by atoms with Crippen LogP contribution >= 0.6 is 11.3 Å². The topological polar surface area (TPSA) is 89.3 Å². The van der Waals surface area contributed by atoms with Crippen LogP contribution in [-0.2, 0) is 6.42 Å². The summed E-state index contributed by atoms with van der Waals surface area (Å²) in [4.78, 5) is 15.2. The minimum absolute atomic E-state index is 0.0560. The van der Waals surface area contributed by atoms with E-state index >= 15 is 0 Å². The van der Waals surface area contributed by atoms with Crippen molar-refractivity contribution in [3.05, 3.63) is 23.6 Å². The number of nitrogen functional groups attached to an aromatic ring is 1. The molecule has 2 aromatic heterocycles. The molecule has 6 heteroatoms. The van der Waals surface area contributed by atoms with E-state index in [0.29, 0.717) is 10.6 Å². The molecule has 0 aliphatic rings. The number of furan rings is 1. The lowest BCUT2D eigenvalue weighted by Gasteiger charge is -1.93. The van der Waals surface area contributed by atoms with E-state index in [1.807, 2.05) is 13.0 Å². The van der Waals surface area contributed by atoms with Gasteiger partial charge in [0.05, 0.1) is 0 Å². The highest BCUT2D eigenvalue weighted by molar-refractivity contribution is 7.19. The van der Waals surface area contributed by atoms with Crippen molar-refractivity contribution in [2.45, 2.75) is 13.3 Å². The van der Waals surface area contributed by atoms with E-state index in [0.717, 1.165) is 23.5 Å². The second-order valence-electron chi connectivity index (χ2n) is 3.15. The van der Waals surface area contributed by atoms with Crippen LogP contribution in [0, 0.1) is 0 Å². The summed E-state index contributed by atoms with van der Waals surface area (Å²) in [7, 11) is 0. The molecule has 0 spiro atoms. The molecule has 2 heterocycles. The van der Waals surface area contributed by atoms with Crippen molar-refractivity contribution in [3.8, 4) is 10.6 Å². The first kappa shape index (κ1) is 10.7. The van der Waals surface area contributed by atoms with Gasteiger partial charge in [-0.3, -0.25) is 0 Å². The maximum atomic E-state index is 10.9. The molecular weight excluding hydrogens is 228 g/mol. The van der Waals surface area contributed by atoms with Gasteiger partial charge in [0.1, 0.15) is 16.4 Å². The van der Waals surface area contributed by atoms with Gasteiger partial charge in [0, 0.05) is 6.42 Å². The second kappa shape index (κ2) is 3.97. The summed E-state index contributed by atoms with van der Waals surface area (Å²) in [6, 6.07) is 3.55. The molecule has 0 radical (unpaired) electrons. The molecule has 16 heavy (non-hydrogen) atoms. The summed E-state index contributed by atoms with van der Waals surface area (Å²) in [5, 5.41) is 9.18. The standard InChI is InChI=1S/C10H10N2O3S/c1-2-5-3-4-6(15-5)8-7(9(13)14)12-10(11)16-8/h3-4H,2H2,1H3,(H2,11,12)(H,13,14). The molecule has 0 aliphatic heterocycles. The van der Waals surface area contributed by atoms with Gasteiger partial charge in [-0.2, -0.15) is 0 Å². The van der Waals surface area contributed by atoms with Crippen molar-refractivity contribution in [1.29, 1.82) is 0 Å². The van der Waals surface area contributed by atoms with Crippen LogP contribution in [0.15, 0.2) is 16.5 Å². The first-order chi connectivity index (χ1) is 7.61. The fourth-order valence-corrected chi connectivity index (χ4v) is 2.12. The molecule has 2 aromatic rings. The van der Waals surface area contributed by atoms with Crippen LogP contribution in [0.2, 0.25) is 0 Å². The molecule has 0 amide bonds. The van der Waals surface area contributed by atoms with E-state index in [1.165, 1.54) is 0 Å². The van der Waals surface area contributed by atoms with Crippen LogP contribution in [0.25, 0.3) is 10.6 Å². The molecule has 0 saturated heterocycles. The molecule has 0 aromatic carbocycles. The van der Waals surface area contributed by atoms with E-state index < -0.39 is 5.97 Å². The molecule has 0 bridgehead atoms. The number of carboxylic acids is 1. The largest absolute Gasteiger partial charge is 0.476 e. The third-order valence-corrected chi connectivity index (χ3v) is 2.98. The molecule has 3 N–H and O–H groups in total. The van der Waals surface area contributed by atoms with Gasteiger partial charge in [-0.05, 0) is 12.1 Å². The predicted octanol–water partition coefficient (Wildman–Crippen LogP) is 2.25. The number of nitrogens with zero attached hydrogens (tertiary/aromatic N) is 1. The average molecular weight is 238 g/mol. The number of aromatic carboxylic acids is 1. The van der Waals surface area contributed by atoms with E-state index in [4.69, 9.17) is 15.3 Å². The molecule has 84 valence electrons. The molecule has 0 fully saturated rings. The molecule has 2 rings (SSSR count). The van der Waals surface area contributed by atoms with Crippen molar-refractivity contribution >= 4 is 22.4 Å². The minimum atomic E-state index is -1.10. The summed E-state index contributed by atoms with van der Waals surface area (Å²) in [5.74, 6) is 0.208. The summed E-state index contributed by atoms with van der Waals surface area (Å²) >= 11 is 1.11. The lowest BCUT2D eigenvalue weighted by atomic mass is 10.3. The Morgan fingerprint density at radius 2 is 2.38 bits per heavy atom. The lowest BCUT2D eigenvalue weighted by molar-refractivity contribution is 0.0692. The van der Waals surface area contributed by atoms with Crippen LogP contribution < -0.4 is 5.73 Å². The third-order valence-electron chi connectivity index (χ3n) is 2.08. The number of hydrogen-bond acceptors (Lipinski definition) is 5. The van der Waals surface area contributed by atoms with Gasteiger partial charge in [-0.15, -0.1) is 0 Å². The molecule has 0 aliphatic carbocycles. The number of carboxylic acid groups (broad SMARTS) is 1. The number of carbonyl (C=O) groups is 1. The molecule has 5 nitrogen and oxygen atoms in total. The monoisotopic (exact) mass is 238 g/mol. The molecule has 0 saturated carbocycles. The Kier molecular flexibility index (Phi) is 2.66. The summed E-state index contributed by atoms with van der Waals surface area (Å²) in [6.45, 7) is 1.96. The van der Waals surface area contributed by atoms with Crippen molar-refractivity contribution in [2.24, 2.45) is 0 Å². The van der Waals surface area contributed by atoms with Gasteiger partial charge >= 0.3 is 5.97 Å². The third kappa shape index (κ3) is 1.79. The van der Waals surface area contributed by atoms with Gasteiger partial charge in [0.15, 0.2) is 10.8 Å². The summed E-state index contributed by atoms with van der Waals surface area (Å²) in [5.41, 5.74) is 5.44. The smallest absolute Gasteiger partial charge is 0.356 e.